The van der Waals surface area contributed by atoms with Crippen LogP contribution in [0.1, 0.15) is 32.9 Å². The molecule has 1 N–H and O–H groups in total. The lowest BCUT2D eigenvalue weighted by Crippen LogP contribution is -2.54. The van der Waals surface area contributed by atoms with Crippen molar-refractivity contribution in [1.82, 2.24) is 14.5 Å². The standard InChI is InChI=1S/C23H17ClF4N4O3/c1-35-12-8-31(9-12)22(34)21-17-7-29-20(13-6-11(33)2-4-15(13)25)18-16(32(17)10-30-21)5-3-14(19(18)24)23(26,27)28/h2-6,10,12,33H,7-9H2,1H3. The number of aliphatic imine (C=N–C) groups is 1. The quantitative estimate of drug-likeness (QED) is 0.538. The molecule has 1 amide bonds. The number of aromatic nitrogens is 2. The fourth-order valence-electron chi connectivity index (χ4n) is 4.17. The van der Waals surface area contributed by atoms with Crippen LogP contribution in [0.2, 0.25) is 5.02 Å². The molecule has 2 aliphatic heterocycles. The molecule has 2 aromatic carbocycles. The third-order valence-corrected chi connectivity index (χ3v) is 6.44. The van der Waals surface area contributed by atoms with E-state index in [0.717, 1.165) is 24.3 Å². The van der Waals surface area contributed by atoms with E-state index in [9.17, 15) is 27.5 Å². The Kier molecular flexibility index (Phi) is 5.56. The van der Waals surface area contributed by atoms with Crippen LogP contribution in [0.5, 0.6) is 5.75 Å². The van der Waals surface area contributed by atoms with Crippen LogP contribution in [0.3, 0.4) is 0 Å². The van der Waals surface area contributed by atoms with Gasteiger partial charge in [-0.1, -0.05) is 11.6 Å². The van der Waals surface area contributed by atoms with Crippen molar-refractivity contribution in [1.29, 1.82) is 0 Å². The van der Waals surface area contributed by atoms with Gasteiger partial charge >= 0.3 is 6.18 Å². The highest BCUT2D eigenvalue weighted by Gasteiger charge is 2.38. The monoisotopic (exact) mass is 508 g/mol. The fraction of sp³-hybridized carbons (Fsp3) is 0.261. The first-order chi connectivity index (χ1) is 16.6. The summed E-state index contributed by atoms with van der Waals surface area (Å²) in [7, 11) is 1.54. The van der Waals surface area contributed by atoms with Gasteiger partial charge in [0.25, 0.3) is 5.91 Å². The molecule has 0 bridgehead atoms. The van der Waals surface area contributed by atoms with Crippen LogP contribution >= 0.6 is 11.6 Å². The molecule has 0 saturated carbocycles. The first-order valence-corrected chi connectivity index (χ1v) is 10.8. The predicted molar refractivity (Wildman–Crippen MR) is 118 cm³/mol. The van der Waals surface area contributed by atoms with Crippen LogP contribution in [0.25, 0.3) is 5.69 Å². The number of imidazole rings is 1. The van der Waals surface area contributed by atoms with Crippen molar-refractivity contribution in [3.05, 3.63) is 75.6 Å². The Hall–Kier alpha value is -3.44. The largest absolute Gasteiger partial charge is 0.508 e. The summed E-state index contributed by atoms with van der Waals surface area (Å²) in [6.45, 7) is 0.559. The lowest BCUT2D eigenvalue weighted by atomic mass is 9.97. The van der Waals surface area contributed by atoms with Crippen LogP contribution < -0.4 is 0 Å². The smallest absolute Gasteiger partial charge is 0.417 e. The number of rotatable bonds is 3. The minimum Gasteiger partial charge on any atom is -0.508 e. The second-order valence-corrected chi connectivity index (χ2v) is 8.50. The number of benzene rings is 2. The van der Waals surface area contributed by atoms with Gasteiger partial charge in [0.15, 0.2) is 5.69 Å². The molecule has 7 nitrogen and oxygen atoms in total. The third-order valence-electron chi connectivity index (χ3n) is 6.05. The molecule has 0 radical (unpaired) electrons. The Morgan fingerprint density at radius 3 is 2.66 bits per heavy atom. The van der Waals surface area contributed by atoms with Crippen molar-refractivity contribution < 1.29 is 32.2 Å². The summed E-state index contributed by atoms with van der Waals surface area (Å²) in [5.41, 5.74) is -1.21. The molecule has 3 aromatic rings. The van der Waals surface area contributed by atoms with Crippen molar-refractivity contribution >= 4 is 23.2 Å². The Morgan fingerprint density at radius 1 is 1.23 bits per heavy atom. The number of methoxy groups -OCH3 is 1. The van der Waals surface area contributed by atoms with E-state index < -0.39 is 22.6 Å². The van der Waals surface area contributed by atoms with E-state index >= 15 is 0 Å². The van der Waals surface area contributed by atoms with Gasteiger partial charge in [-0.2, -0.15) is 13.2 Å². The van der Waals surface area contributed by atoms with Gasteiger partial charge in [-0.3, -0.25) is 14.4 Å². The van der Waals surface area contributed by atoms with Crippen molar-refractivity contribution in [2.75, 3.05) is 20.2 Å². The highest BCUT2D eigenvalue weighted by atomic mass is 35.5. The van der Waals surface area contributed by atoms with Crippen LogP contribution in [0.4, 0.5) is 17.6 Å². The van der Waals surface area contributed by atoms with E-state index in [0.29, 0.717) is 18.8 Å². The summed E-state index contributed by atoms with van der Waals surface area (Å²) in [4.78, 5) is 23.1. The predicted octanol–water partition coefficient (Wildman–Crippen LogP) is 4.21. The minimum atomic E-state index is -4.78. The summed E-state index contributed by atoms with van der Waals surface area (Å²) in [6.07, 6.45) is -3.57. The highest BCUT2D eigenvalue weighted by Crippen LogP contribution is 2.41. The molecular weight excluding hydrogens is 492 g/mol. The molecule has 1 saturated heterocycles. The first-order valence-electron chi connectivity index (χ1n) is 10.4. The molecule has 5 rings (SSSR count). The summed E-state index contributed by atoms with van der Waals surface area (Å²) >= 11 is 6.26. The summed E-state index contributed by atoms with van der Waals surface area (Å²) < 4.78 is 62.4. The van der Waals surface area contributed by atoms with Gasteiger partial charge in [-0.25, -0.2) is 9.37 Å². The van der Waals surface area contributed by atoms with Crippen molar-refractivity contribution in [2.45, 2.75) is 18.8 Å². The van der Waals surface area contributed by atoms with Gasteiger partial charge in [0.2, 0.25) is 0 Å². The Balaban J connectivity index is 1.71. The van der Waals surface area contributed by atoms with Crippen LogP contribution in [-0.4, -0.2) is 57.5 Å². The zero-order chi connectivity index (χ0) is 25.1. The van der Waals surface area contributed by atoms with Gasteiger partial charge in [0.1, 0.15) is 17.9 Å². The fourth-order valence-corrected chi connectivity index (χ4v) is 4.53. The maximum absolute atomic E-state index is 14.8. The molecule has 182 valence electrons. The second kappa shape index (κ2) is 8.35. The van der Waals surface area contributed by atoms with Crippen molar-refractivity contribution in [2.24, 2.45) is 4.99 Å². The molecule has 0 unspecified atom stereocenters. The van der Waals surface area contributed by atoms with Crippen molar-refractivity contribution in [3.63, 3.8) is 0 Å². The highest BCUT2D eigenvalue weighted by molar-refractivity contribution is 6.37. The average Bonchev–Trinajstić information content (AvgIpc) is 3.11. The molecule has 0 atom stereocenters. The van der Waals surface area contributed by atoms with Gasteiger partial charge in [-0.15, -0.1) is 0 Å². The van der Waals surface area contributed by atoms with Gasteiger partial charge in [0, 0.05) is 31.3 Å². The zero-order valence-corrected chi connectivity index (χ0v) is 18.9. The lowest BCUT2D eigenvalue weighted by Gasteiger charge is -2.37. The number of hydrogen-bond acceptors (Lipinski definition) is 5. The SMILES string of the molecule is COC1CN(C(=O)c2ncn3c2CN=C(c2cc(O)ccc2F)c2c-3ccc(C(F)(F)F)c2Cl)C1. The number of alkyl halides is 3. The van der Waals surface area contributed by atoms with E-state index in [2.05, 4.69) is 9.98 Å². The summed E-state index contributed by atoms with van der Waals surface area (Å²) in [5.74, 6) is -1.50. The number of fused-ring (bicyclic) bond motifs is 3. The maximum atomic E-state index is 14.8. The van der Waals surface area contributed by atoms with Crippen molar-refractivity contribution in [3.8, 4) is 11.4 Å². The first kappa shape index (κ1) is 23.3. The van der Waals surface area contributed by atoms with E-state index in [1.54, 1.807) is 7.11 Å². The Bertz CT molecular complexity index is 1380. The number of likely N-dealkylation sites (tertiary alicyclic amines) is 1. The normalized spacial score (nSPS) is 15.7. The second-order valence-electron chi connectivity index (χ2n) is 8.13. The molecule has 1 aromatic heterocycles. The molecule has 12 heteroatoms. The molecular formula is C23H17ClF4N4O3. The van der Waals surface area contributed by atoms with E-state index in [1.165, 1.54) is 21.9 Å². The molecule has 2 aliphatic rings. The summed E-state index contributed by atoms with van der Waals surface area (Å²) in [6, 6.07) is 5.13. The average molecular weight is 509 g/mol. The number of nitrogens with zero attached hydrogens (tertiary/aromatic N) is 4. The molecule has 0 spiro atoms. The topological polar surface area (TPSA) is 80.0 Å². The molecule has 3 heterocycles. The number of ether oxygens (including phenoxy) is 1. The van der Waals surface area contributed by atoms with Crippen LogP contribution in [-0.2, 0) is 17.5 Å². The number of carbonyl (C=O) groups excluding carboxylic acids is 1. The van der Waals surface area contributed by atoms with E-state index in [4.69, 9.17) is 16.3 Å². The number of halogens is 5. The van der Waals surface area contributed by atoms with Gasteiger partial charge < -0.3 is 14.7 Å². The van der Waals surface area contributed by atoms with Crippen LogP contribution in [0.15, 0.2) is 41.7 Å². The maximum Gasteiger partial charge on any atom is 0.417 e. The summed E-state index contributed by atoms with van der Waals surface area (Å²) in [5, 5.41) is 9.23. The number of carbonyl (C=O) groups is 1. The zero-order valence-electron chi connectivity index (χ0n) is 18.1. The lowest BCUT2D eigenvalue weighted by molar-refractivity contribution is -0.137. The van der Waals surface area contributed by atoms with E-state index in [1.807, 2.05) is 0 Å². The Morgan fingerprint density at radius 2 is 1.97 bits per heavy atom. The minimum absolute atomic E-state index is 0.0721. The number of amides is 1. The number of hydrogen-bond donors (Lipinski definition) is 1. The van der Waals surface area contributed by atoms with Crippen LogP contribution in [0, 0.1) is 5.82 Å². The number of aromatic hydroxyl groups is 1. The Labute approximate surface area is 201 Å². The van der Waals surface area contributed by atoms with E-state index in [-0.39, 0.29) is 52.5 Å². The molecule has 0 aliphatic carbocycles. The third kappa shape index (κ3) is 3.84. The number of phenolic OH excluding ortho intramolecular Hbond substituents is 1. The molecule has 35 heavy (non-hydrogen) atoms. The van der Waals surface area contributed by atoms with Gasteiger partial charge in [-0.05, 0) is 30.3 Å². The number of phenols is 1. The van der Waals surface area contributed by atoms with Gasteiger partial charge in [0.05, 0.1) is 40.3 Å². The molecule has 1 fully saturated rings.